The molecule has 2 aromatic rings. The molecule has 162 valence electrons. The molecule has 0 aromatic heterocycles. The second-order valence-electron chi connectivity index (χ2n) is 7.94. The van der Waals surface area contributed by atoms with E-state index in [2.05, 4.69) is 21.6 Å². The maximum Gasteiger partial charge on any atom is 0.320 e. The molecular formula is C23H25FN4O3. The highest BCUT2D eigenvalue weighted by molar-refractivity contribution is 5.90. The van der Waals surface area contributed by atoms with E-state index >= 15 is 0 Å². The Bertz CT molecular complexity index is 1020. The third-order valence-electron chi connectivity index (χ3n) is 6.15. The van der Waals surface area contributed by atoms with Crippen molar-refractivity contribution in [2.75, 3.05) is 32.6 Å². The average molecular weight is 424 g/mol. The first-order valence-electron chi connectivity index (χ1n) is 10.2. The van der Waals surface area contributed by atoms with E-state index in [0.29, 0.717) is 36.6 Å². The molecule has 0 bridgehead atoms. The Balaban J connectivity index is 1.56. The molecule has 2 atom stereocenters. The number of methoxy groups -OCH3 is 2. The van der Waals surface area contributed by atoms with Crippen LogP contribution in [0, 0.1) is 17.1 Å². The monoisotopic (exact) mass is 424 g/mol. The fraction of sp³-hybridized carbons (Fsp3) is 0.391. The molecule has 7 nitrogen and oxygen atoms in total. The van der Waals surface area contributed by atoms with Crippen molar-refractivity contribution < 1.29 is 18.7 Å². The van der Waals surface area contributed by atoms with Crippen molar-refractivity contribution in [1.82, 2.24) is 10.2 Å². The van der Waals surface area contributed by atoms with E-state index in [1.54, 1.807) is 14.2 Å². The van der Waals surface area contributed by atoms with Gasteiger partial charge in [0.1, 0.15) is 11.4 Å². The number of halogens is 1. The van der Waals surface area contributed by atoms with Crippen LogP contribution in [0.15, 0.2) is 36.4 Å². The topological polar surface area (TPSA) is 86.6 Å². The molecule has 31 heavy (non-hydrogen) atoms. The summed E-state index contributed by atoms with van der Waals surface area (Å²) < 4.78 is 24.0. The molecule has 0 radical (unpaired) electrons. The number of piperidine rings is 1. The largest absolute Gasteiger partial charge is 0.493 e. The molecule has 2 aromatic carbocycles. The Morgan fingerprint density at radius 1 is 1.19 bits per heavy atom. The van der Waals surface area contributed by atoms with Crippen LogP contribution in [0.4, 0.5) is 14.9 Å². The van der Waals surface area contributed by atoms with Crippen LogP contribution in [0.5, 0.6) is 11.5 Å². The van der Waals surface area contributed by atoms with Gasteiger partial charge in [-0.2, -0.15) is 5.26 Å². The van der Waals surface area contributed by atoms with Gasteiger partial charge in [0.15, 0.2) is 11.5 Å². The number of rotatable bonds is 4. The standard InChI is InChI=1S/C23H25FN4O3/c1-30-20-11-15-7-9-28-10-8-23(14-25,13-19(28)18(15)12-21(20)31-2)27-22(29)26-17-5-3-16(24)4-6-17/h3-6,11-12,19H,7-10,13H2,1-2H3,(H2,26,27,29)/t19-,23+/m0/s1. The SMILES string of the molecule is COc1cc2c(cc1OC)[C@@H]1C[C@](C#N)(NC(=O)Nc3ccc(F)cc3)CCN1CC2. The first-order chi connectivity index (χ1) is 15.0. The molecular weight excluding hydrogens is 399 g/mol. The second-order valence-corrected chi connectivity index (χ2v) is 7.94. The molecule has 2 amide bonds. The Morgan fingerprint density at radius 3 is 2.58 bits per heavy atom. The van der Waals surface area contributed by atoms with Crippen molar-refractivity contribution in [2.24, 2.45) is 0 Å². The van der Waals surface area contributed by atoms with Gasteiger partial charge in [-0.3, -0.25) is 4.90 Å². The van der Waals surface area contributed by atoms with Gasteiger partial charge in [-0.1, -0.05) is 0 Å². The molecule has 1 fully saturated rings. The van der Waals surface area contributed by atoms with Gasteiger partial charge in [0, 0.05) is 31.2 Å². The number of urea groups is 1. The lowest BCUT2D eigenvalue weighted by molar-refractivity contribution is 0.0956. The predicted molar refractivity (Wildman–Crippen MR) is 114 cm³/mol. The molecule has 2 aliphatic heterocycles. The molecule has 8 heteroatoms. The van der Waals surface area contributed by atoms with Crippen molar-refractivity contribution in [3.8, 4) is 17.6 Å². The number of hydrogen-bond acceptors (Lipinski definition) is 5. The smallest absolute Gasteiger partial charge is 0.320 e. The molecule has 2 aliphatic rings. The van der Waals surface area contributed by atoms with Gasteiger partial charge in [0.2, 0.25) is 0 Å². The van der Waals surface area contributed by atoms with Crippen LogP contribution in [0.1, 0.15) is 30.0 Å². The van der Waals surface area contributed by atoms with Crippen molar-refractivity contribution >= 4 is 11.7 Å². The number of benzene rings is 2. The molecule has 0 saturated carbocycles. The number of hydrogen-bond donors (Lipinski definition) is 2. The van der Waals surface area contributed by atoms with Crippen LogP contribution in [-0.4, -0.2) is 43.8 Å². The number of nitrogens with zero attached hydrogens (tertiary/aromatic N) is 2. The van der Waals surface area contributed by atoms with E-state index in [9.17, 15) is 14.4 Å². The van der Waals surface area contributed by atoms with Crippen LogP contribution in [-0.2, 0) is 6.42 Å². The number of nitriles is 1. The van der Waals surface area contributed by atoms with Crippen LogP contribution in [0.3, 0.4) is 0 Å². The zero-order valence-corrected chi connectivity index (χ0v) is 17.6. The summed E-state index contributed by atoms with van der Waals surface area (Å²) in [6.07, 6.45) is 1.88. The summed E-state index contributed by atoms with van der Waals surface area (Å²) in [5.41, 5.74) is 1.73. The van der Waals surface area contributed by atoms with Crippen molar-refractivity contribution in [3.63, 3.8) is 0 Å². The summed E-state index contributed by atoms with van der Waals surface area (Å²) in [6, 6.07) is 11.3. The number of fused-ring (bicyclic) bond motifs is 3. The van der Waals surface area contributed by atoms with Crippen molar-refractivity contribution in [2.45, 2.75) is 30.8 Å². The van der Waals surface area contributed by atoms with Gasteiger partial charge in [-0.15, -0.1) is 0 Å². The van der Waals surface area contributed by atoms with Crippen LogP contribution >= 0.6 is 0 Å². The minimum absolute atomic E-state index is 0.0110. The molecule has 2 heterocycles. The van der Waals surface area contributed by atoms with Gasteiger partial charge in [0.05, 0.1) is 20.3 Å². The van der Waals surface area contributed by atoms with Gasteiger partial charge >= 0.3 is 6.03 Å². The van der Waals surface area contributed by atoms with E-state index in [1.165, 1.54) is 29.8 Å². The summed E-state index contributed by atoms with van der Waals surface area (Å²) >= 11 is 0. The summed E-state index contributed by atoms with van der Waals surface area (Å²) in [4.78, 5) is 15.0. The Kier molecular flexibility index (Phi) is 5.70. The Hall–Kier alpha value is -3.31. The second kappa shape index (κ2) is 8.44. The van der Waals surface area contributed by atoms with Crippen LogP contribution in [0.2, 0.25) is 0 Å². The lowest BCUT2D eigenvalue weighted by Crippen LogP contribution is -2.57. The van der Waals surface area contributed by atoms with Crippen LogP contribution < -0.4 is 20.1 Å². The number of nitrogens with one attached hydrogen (secondary N) is 2. The van der Waals surface area contributed by atoms with Gasteiger partial charge in [0.25, 0.3) is 0 Å². The zero-order chi connectivity index (χ0) is 22.0. The van der Waals surface area contributed by atoms with E-state index < -0.39 is 11.6 Å². The van der Waals surface area contributed by atoms with E-state index in [0.717, 1.165) is 18.5 Å². The highest BCUT2D eigenvalue weighted by Crippen LogP contribution is 2.44. The first-order valence-corrected chi connectivity index (χ1v) is 10.2. The molecule has 2 N–H and O–H groups in total. The van der Waals surface area contributed by atoms with Gasteiger partial charge in [-0.25, -0.2) is 9.18 Å². The lowest BCUT2D eigenvalue weighted by atomic mass is 9.78. The highest BCUT2D eigenvalue weighted by atomic mass is 19.1. The molecule has 0 spiro atoms. The summed E-state index contributed by atoms with van der Waals surface area (Å²) in [7, 11) is 3.22. The van der Waals surface area contributed by atoms with Crippen molar-refractivity contribution in [3.05, 3.63) is 53.3 Å². The average Bonchev–Trinajstić information content (AvgIpc) is 2.79. The van der Waals surface area contributed by atoms with Crippen molar-refractivity contribution in [1.29, 1.82) is 5.26 Å². The predicted octanol–water partition coefficient (Wildman–Crippen LogP) is 3.62. The minimum atomic E-state index is -1.01. The molecule has 0 aliphatic carbocycles. The Labute approximate surface area is 180 Å². The van der Waals surface area contributed by atoms with E-state index in [-0.39, 0.29) is 11.9 Å². The fourth-order valence-electron chi connectivity index (χ4n) is 4.51. The third kappa shape index (κ3) is 4.14. The minimum Gasteiger partial charge on any atom is -0.493 e. The highest BCUT2D eigenvalue weighted by Gasteiger charge is 2.44. The normalized spacial score (nSPS) is 22.5. The number of ether oxygens (including phenoxy) is 2. The number of amides is 2. The first kappa shape index (κ1) is 20.9. The fourth-order valence-corrected chi connectivity index (χ4v) is 4.51. The number of anilines is 1. The van der Waals surface area contributed by atoms with E-state index in [1.807, 2.05) is 12.1 Å². The molecule has 1 saturated heterocycles. The summed E-state index contributed by atoms with van der Waals surface area (Å²) in [5, 5.41) is 15.6. The maximum atomic E-state index is 13.1. The van der Waals surface area contributed by atoms with E-state index in [4.69, 9.17) is 9.47 Å². The molecule has 4 rings (SSSR count). The zero-order valence-electron chi connectivity index (χ0n) is 17.6. The van der Waals surface area contributed by atoms with Gasteiger partial charge in [-0.05, 0) is 60.4 Å². The summed E-state index contributed by atoms with van der Waals surface area (Å²) in [6.45, 7) is 1.58. The quantitative estimate of drug-likeness (QED) is 0.783. The lowest BCUT2D eigenvalue weighted by Gasteiger charge is -2.46. The number of carbonyl (C=O) groups is 1. The Morgan fingerprint density at radius 2 is 1.90 bits per heavy atom. The molecule has 0 unspecified atom stereocenters. The third-order valence-corrected chi connectivity index (χ3v) is 6.15. The number of carbonyl (C=O) groups excluding carboxylic acids is 1. The van der Waals surface area contributed by atoms with Gasteiger partial charge < -0.3 is 20.1 Å². The van der Waals surface area contributed by atoms with Crippen LogP contribution in [0.25, 0.3) is 0 Å². The summed E-state index contributed by atoms with van der Waals surface area (Å²) in [5.74, 6) is 0.960. The maximum absolute atomic E-state index is 13.1.